The van der Waals surface area contributed by atoms with Crippen LogP contribution in [0, 0.1) is 5.92 Å². The maximum atomic E-state index is 13.7. The molecule has 1 aliphatic heterocycles. The number of hydrogen-bond acceptors (Lipinski definition) is 12. The molecule has 14 heteroatoms. The number of rotatable bonds is 14. The number of methoxy groups -OCH3 is 2. The van der Waals surface area contributed by atoms with E-state index in [1.165, 1.54) is 21.1 Å². The van der Waals surface area contributed by atoms with Crippen LogP contribution < -0.4 is 28.1 Å². The Bertz CT molecular complexity index is 1780. The second-order valence-corrected chi connectivity index (χ2v) is 18.1. The van der Waals surface area contributed by atoms with Crippen LogP contribution >= 0.6 is 0 Å². The van der Waals surface area contributed by atoms with E-state index in [0.717, 1.165) is 0 Å². The molecule has 53 heavy (non-hydrogen) atoms. The molecule has 2 aromatic rings. The van der Waals surface area contributed by atoms with Crippen LogP contribution in [0.1, 0.15) is 85.6 Å². The Balaban J connectivity index is 2.36. The molecular weight excluding hydrogens is 705 g/mol. The minimum absolute atomic E-state index is 0.0419. The van der Waals surface area contributed by atoms with Gasteiger partial charge in [0, 0.05) is 39.3 Å². The molecule has 0 fully saturated rings. The molecule has 0 spiro atoms. The lowest BCUT2D eigenvalue weighted by atomic mass is 9.71. The summed E-state index contributed by atoms with van der Waals surface area (Å²) in [5, 5.41) is 22.6. The third-order valence-electron chi connectivity index (χ3n) is 10.6. The Morgan fingerprint density at radius 3 is 2.00 bits per heavy atom. The van der Waals surface area contributed by atoms with Crippen molar-refractivity contribution in [3.05, 3.63) is 46.6 Å². The minimum atomic E-state index is -2.61. The Morgan fingerprint density at radius 1 is 0.887 bits per heavy atom. The number of aliphatic hydroxyl groups is 1. The molecule has 2 aliphatic rings. The number of ether oxygens (including phenoxy) is 7. The molecule has 0 saturated carbocycles. The molecule has 0 unspecified atom stereocenters. The first kappa shape index (κ1) is 41.1. The Hall–Kier alpha value is -4.69. The van der Waals surface area contributed by atoms with E-state index in [2.05, 4.69) is 20.8 Å². The fraction of sp³-hybridized carbons (Fsp3) is 0.513. The maximum absolute atomic E-state index is 13.7. The summed E-state index contributed by atoms with van der Waals surface area (Å²) in [6.45, 7) is 14.9. The van der Waals surface area contributed by atoms with Crippen molar-refractivity contribution in [3.8, 4) is 45.6 Å². The van der Waals surface area contributed by atoms with Gasteiger partial charge in [0.2, 0.25) is 18.3 Å². The normalized spacial score (nSPS) is 21.0. The van der Waals surface area contributed by atoms with E-state index in [-0.39, 0.29) is 63.6 Å². The van der Waals surface area contributed by atoms with Gasteiger partial charge in [-0.25, -0.2) is 14.4 Å². The van der Waals surface area contributed by atoms with Crippen molar-refractivity contribution in [1.29, 1.82) is 0 Å². The summed E-state index contributed by atoms with van der Waals surface area (Å²) in [7, 11) is 0.307. The first-order chi connectivity index (χ1) is 25.1. The van der Waals surface area contributed by atoms with Crippen LogP contribution in [-0.4, -0.2) is 69.7 Å². The van der Waals surface area contributed by atoms with Crippen molar-refractivity contribution >= 4 is 26.2 Å². The monoisotopic (exact) mass is 756 g/mol. The average Bonchev–Trinajstić information content (AvgIpc) is 3.63. The van der Waals surface area contributed by atoms with E-state index >= 15 is 0 Å². The zero-order chi connectivity index (χ0) is 39.4. The van der Waals surface area contributed by atoms with Crippen LogP contribution in [0.15, 0.2) is 35.4 Å². The fourth-order valence-electron chi connectivity index (χ4n) is 6.63. The zero-order valence-electron chi connectivity index (χ0n) is 32.5. The summed E-state index contributed by atoms with van der Waals surface area (Å²) in [5.74, 6) is -2.75. The van der Waals surface area contributed by atoms with E-state index in [1.54, 1.807) is 58.9 Å². The number of aliphatic carboxylic acids is 1. The predicted octanol–water partition coefficient (Wildman–Crippen LogP) is 7.45. The van der Waals surface area contributed by atoms with Crippen molar-refractivity contribution in [3.63, 3.8) is 0 Å². The number of carbonyl (C=O) groups is 3. The molecule has 4 rings (SSSR count). The average molecular weight is 757 g/mol. The number of carbonyl (C=O) groups excluding carboxylic acids is 2. The predicted molar refractivity (Wildman–Crippen MR) is 198 cm³/mol. The van der Waals surface area contributed by atoms with Gasteiger partial charge in [-0.2, -0.15) is 0 Å². The number of carboxylic acid groups (broad SMARTS) is 1. The summed E-state index contributed by atoms with van der Waals surface area (Å²) in [6.07, 6.45) is 0.485. The molecule has 0 aromatic heterocycles. The quantitative estimate of drug-likeness (QED) is 0.111. The molecule has 0 radical (unpaired) electrons. The smallest absolute Gasteiger partial charge is 0.341 e. The zero-order valence-corrected chi connectivity index (χ0v) is 33.5. The van der Waals surface area contributed by atoms with E-state index in [9.17, 15) is 24.6 Å². The first-order valence-electron chi connectivity index (χ1n) is 17.8. The SMILES string of the molecule is C/C=C(/C)C(=O)O[C@H]1c2cc3c(c(OCC(=O)O)c2-c2c(cc(OC)c(OC)c2O[Si](CC)(CC)CC)[C@H](OC(=O)/C(C)=C\C)[C@@](C)(O)[C@H]1C)OCO3. The summed E-state index contributed by atoms with van der Waals surface area (Å²) in [6, 6.07) is 5.36. The topological polar surface area (TPSA) is 166 Å². The summed E-state index contributed by atoms with van der Waals surface area (Å²) < 4.78 is 49.4. The van der Waals surface area contributed by atoms with Crippen molar-refractivity contribution < 1.29 is 62.2 Å². The number of benzene rings is 2. The largest absolute Gasteiger partial charge is 0.541 e. The Morgan fingerprint density at radius 2 is 1.47 bits per heavy atom. The lowest BCUT2D eigenvalue weighted by Gasteiger charge is -2.44. The van der Waals surface area contributed by atoms with Crippen molar-refractivity contribution in [2.75, 3.05) is 27.6 Å². The highest BCUT2D eigenvalue weighted by Crippen LogP contribution is 2.62. The van der Waals surface area contributed by atoms with Gasteiger partial charge < -0.3 is 47.8 Å². The lowest BCUT2D eigenvalue weighted by Crippen LogP contribution is -2.46. The standard InChI is InChI=1S/C39H52O13Si/c1-12-21(6)37(42)50-31-23(8)39(9,44)36(51-38(43)22(7)13-2)25-18-26(45-10)32(46-11)35(52-53(14-3,15-4)16-5)30(25)29-24(31)17-27-33(49-20-48-27)34(29)47-19-28(40)41/h12-13,17-18,23,31,36,44H,14-16,19-20H2,1-11H3,(H,40,41)/b21-12-,22-13-/t23-,31+,36-,39-/m0/s1. The summed E-state index contributed by atoms with van der Waals surface area (Å²) in [5.41, 5.74) is -0.364. The molecule has 0 saturated heterocycles. The first-order valence-corrected chi connectivity index (χ1v) is 20.3. The summed E-state index contributed by atoms with van der Waals surface area (Å²) >= 11 is 0. The van der Waals surface area contributed by atoms with Gasteiger partial charge in [-0.1, -0.05) is 39.8 Å². The van der Waals surface area contributed by atoms with Gasteiger partial charge in [-0.05, 0) is 64.9 Å². The second kappa shape index (κ2) is 16.5. The molecule has 2 aromatic carbocycles. The van der Waals surface area contributed by atoms with Gasteiger partial charge in [-0.15, -0.1) is 0 Å². The van der Waals surface area contributed by atoms with Gasteiger partial charge in [0.1, 0.15) is 11.7 Å². The maximum Gasteiger partial charge on any atom is 0.341 e. The van der Waals surface area contributed by atoms with Crippen LogP contribution in [0.3, 0.4) is 0 Å². The van der Waals surface area contributed by atoms with Gasteiger partial charge >= 0.3 is 17.9 Å². The van der Waals surface area contributed by atoms with Crippen molar-refractivity contribution in [1.82, 2.24) is 0 Å². The van der Waals surface area contributed by atoms with Crippen LogP contribution in [0.4, 0.5) is 0 Å². The van der Waals surface area contributed by atoms with Crippen LogP contribution in [0.2, 0.25) is 18.1 Å². The van der Waals surface area contributed by atoms with E-state index in [0.29, 0.717) is 29.3 Å². The van der Waals surface area contributed by atoms with E-state index in [4.69, 9.17) is 37.6 Å². The number of esters is 2. The number of fused-ring (bicyclic) bond motifs is 4. The summed E-state index contributed by atoms with van der Waals surface area (Å²) in [4.78, 5) is 39.4. The number of hydrogen-bond donors (Lipinski definition) is 2. The molecule has 1 aliphatic carbocycles. The van der Waals surface area contributed by atoms with Crippen LogP contribution in [0.25, 0.3) is 11.1 Å². The van der Waals surface area contributed by atoms with Gasteiger partial charge in [-0.3, -0.25) is 0 Å². The highest BCUT2D eigenvalue weighted by Gasteiger charge is 2.52. The van der Waals surface area contributed by atoms with Gasteiger partial charge in [0.25, 0.3) is 8.32 Å². The van der Waals surface area contributed by atoms with Gasteiger partial charge in [0.15, 0.2) is 35.7 Å². The van der Waals surface area contributed by atoms with E-state index < -0.39 is 56.6 Å². The molecule has 2 N–H and O–H groups in total. The third kappa shape index (κ3) is 7.70. The molecule has 1 heterocycles. The molecule has 0 bridgehead atoms. The fourth-order valence-corrected chi connectivity index (χ4v) is 9.19. The lowest BCUT2D eigenvalue weighted by molar-refractivity contribution is -0.181. The minimum Gasteiger partial charge on any atom is -0.541 e. The molecule has 4 atom stereocenters. The van der Waals surface area contributed by atoms with Crippen molar-refractivity contribution in [2.45, 2.75) is 98.3 Å². The Labute approximate surface area is 311 Å². The molecule has 13 nitrogen and oxygen atoms in total. The van der Waals surface area contributed by atoms with Crippen molar-refractivity contribution in [2.24, 2.45) is 5.92 Å². The highest BCUT2D eigenvalue weighted by molar-refractivity contribution is 6.74. The molecule has 290 valence electrons. The van der Waals surface area contributed by atoms with Crippen LogP contribution in [0.5, 0.6) is 34.5 Å². The molecule has 0 amide bonds. The Kier molecular flexibility index (Phi) is 12.8. The second-order valence-electron chi connectivity index (χ2n) is 13.4. The van der Waals surface area contributed by atoms with E-state index in [1.807, 2.05) is 0 Å². The third-order valence-corrected chi connectivity index (χ3v) is 15.1. The highest BCUT2D eigenvalue weighted by atomic mass is 28.4. The number of carboxylic acids is 1. The number of allylic oxidation sites excluding steroid dienone is 2. The van der Waals surface area contributed by atoms with Crippen LogP contribution in [-0.2, 0) is 23.9 Å². The van der Waals surface area contributed by atoms with Gasteiger partial charge in [0.05, 0.1) is 14.2 Å². The molecular formula is C39H52O13Si.